The predicted octanol–water partition coefficient (Wildman–Crippen LogP) is 2.53. The highest BCUT2D eigenvalue weighted by Crippen LogP contribution is 2.20. The highest BCUT2D eigenvalue weighted by atomic mass is 16.5. The molecule has 0 saturated heterocycles. The van der Waals surface area contributed by atoms with Crippen LogP contribution in [-0.2, 0) is 13.1 Å². The Morgan fingerprint density at radius 2 is 1.37 bits per heavy atom. The van der Waals surface area contributed by atoms with Crippen LogP contribution in [-0.4, -0.2) is 30.0 Å². The second-order valence-electron chi connectivity index (χ2n) is 6.88. The Labute approximate surface area is 173 Å². The highest BCUT2D eigenvalue weighted by molar-refractivity contribution is 5.55. The first kappa shape index (κ1) is 19.6. The van der Waals surface area contributed by atoms with Crippen molar-refractivity contribution in [3.05, 3.63) is 92.3 Å². The molecule has 1 aliphatic heterocycles. The number of hydrogen-bond acceptors (Lipinski definition) is 5. The molecule has 0 spiro atoms. The lowest BCUT2D eigenvalue weighted by Crippen LogP contribution is -2.42. The van der Waals surface area contributed by atoms with Gasteiger partial charge in [-0.2, -0.15) is 0 Å². The van der Waals surface area contributed by atoms with Crippen molar-refractivity contribution in [3.63, 3.8) is 0 Å². The number of ether oxygens (including phenoxy) is 3. The van der Waals surface area contributed by atoms with Crippen LogP contribution in [0.2, 0.25) is 0 Å². The molecule has 30 heavy (non-hydrogen) atoms. The van der Waals surface area contributed by atoms with Crippen molar-refractivity contribution in [1.82, 2.24) is 9.13 Å². The number of methoxy groups -OCH3 is 2. The first-order valence-corrected chi connectivity index (χ1v) is 9.53. The Morgan fingerprint density at radius 3 is 1.90 bits per heavy atom. The van der Waals surface area contributed by atoms with Gasteiger partial charge in [-0.25, -0.2) is 4.79 Å². The van der Waals surface area contributed by atoms with Gasteiger partial charge in [0.05, 0.1) is 33.0 Å². The first-order valence-electron chi connectivity index (χ1n) is 9.53. The summed E-state index contributed by atoms with van der Waals surface area (Å²) in [5.41, 5.74) is 1.39. The molecule has 1 aromatic heterocycles. The summed E-state index contributed by atoms with van der Waals surface area (Å²) in [7, 11) is 3.19. The van der Waals surface area contributed by atoms with E-state index < -0.39 is 5.56 Å². The molecule has 0 aliphatic carbocycles. The van der Waals surface area contributed by atoms with Crippen LogP contribution in [0.25, 0.3) is 6.08 Å². The van der Waals surface area contributed by atoms with Gasteiger partial charge < -0.3 is 14.2 Å². The summed E-state index contributed by atoms with van der Waals surface area (Å²) in [4.78, 5) is 26.3. The molecule has 0 saturated carbocycles. The van der Waals surface area contributed by atoms with E-state index in [0.717, 1.165) is 16.9 Å². The maximum absolute atomic E-state index is 13.3. The van der Waals surface area contributed by atoms with Gasteiger partial charge >= 0.3 is 5.69 Å². The van der Waals surface area contributed by atoms with E-state index in [-0.39, 0.29) is 18.0 Å². The van der Waals surface area contributed by atoms with Gasteiger partial charge in [-0.1, -0.05) is 24.3 Å². The van der Waals surface area contributed by atoms with Gasteiger partial charge in [-0.05, 0) is 47.5 Å². The molecule has 2 aromatic carbocycles. The van der Waals surface area contributed by atoms with E-state index in [2.05, 4.69) is 0 Å². The number of nitrogens with zero attached hydrogens (tertiary/aromatic N) is 2. The zero-order valence-corrected chi connectivity index (χ0v) is 16.8. The van der Waals surface area contributed by atoms with Gasteiger partial charge in [-0.3, -0.25) is 13.9 Å². The third-order valence-electron chi connectivity index (χ3n) is 5.02. The standard InChI is InChI=1S/C23H22N2O5/c1-28-18-9-5-16(6-10-18)14-24-20-4-3-13-30-21(20)22(26)25(23(24)27)15-17-7-11-19(29-2)12-8-17/h3-12H,13-15H2,1-2H3. The normalized spacial score (nSPS) is 12.2. The lowest BCUT2D eigenvalue weighted by atomic mass is 10.2. The van der Waals surface area contributed by atoms with Crippen molar-refractivity contribution in [2.45, 2.75) is 13.1 Å². The Bertz CT molecular complexity index is 1190. The summed E-state index contributed by atoms with van der Waals surface area (Å²) < 4.78 is 18.8. The molecule has 0 amide bonds. The van der Waals surface area contributed by atoms with Crippen LogP contribution in [0.5, 0.6) is 17.2 Å². The van der Waals surface area contributed by atoms with Crippen LogP contribution >= 0.6 is 0 Å². The molecular formula is C23H22N2O5. The zero-order chi connectivity index (χ0) is 21.1. The Morgan fingerprint density at radius 1 is 0.833 bits per heavy atom. The monoisotopic (exact) mass is 406 g/mol. The highest BCUT2D eigenvalue weighted by Gasteiger charge is 2.21. The molecule has 0 unspecified atom stereocenters. The molecule has 0 atom stereocenters. The molecule has 2 heterocycles. The van der Waals surface area contributed by atoms with Crippen LogP contribution in [0, 0.1) is 0 Å². The van der Waals surface area contributed by atoms with Crippen LogP contribution in [0.4, 0.5) is 0 Å². The molecule has 0 bridgehead atoms. The topological polar surface area (TPSA) is 71.7 Å². The van der Waals surface area contributed by atoms with Gasteiger partial charge in [0.1, 0.15) is 18.1 Å². The van der Waals surface area contributed by atoms with E-state index in [9.17, 15) is 9.59 Å². The summed E-state index contributed by atoms with van der Waals surface area (Å²) in [5, 5.41) is 0. The lowest BCUT2D eigenvalue weighted by Gasteiger charge is -2.20. The number of benzene rings is 2. The fourth-order valence-electron chi connectivity index (χ4n) is 3.40. The second-order valence-corrected chi connectivity index (χ2v) is 6.88. The first-order chi connectivity index (χ1) is 14.6. The van der Waals surface area contributed by atoms with Crippen LogP contribution < -0.4 is 25.5 Å². The van der Waals surface area contributed by atoms with Crippen molar-refractivity contribution in [2.24, 2.45) is 0 Å². The summed E-state index contributed by atoms with van der Waals surface area (Å²) >= 11 is 0. The number of rotatable bonds is 6. The second kappa shape index (κ2) is 8.32. The minimum absolute atomic E-state index is 0.143. The molecule has 0 fully saturated rings. The van der Waals surface area contributed by atoms with Crippen LogP contribution in [0.15, 0.2) is 64.2 Å². The predicted molar refractivity (Wildman–Crippen MR) is 114 cm³/mol. The van der Waals surface area contributed by atoms with E-state index in [0.29, 0.717) is 24.6 Å². The van der Waals surface area contributed by atoms with Crippen molar-refractivity contribution in [1.29, 1.82) is 0 Å². The molecule has 4 rings (SSSR count). The van der Waals surface area contributed by atoms with Crippen LogP contribution in [0.3, 0.4) is 0 Å². The summed E-state index contributed by atoms with van der Waals surface area (Å²) in [6, 6.07) is 14.7. The molecule has 3 aromatic rings. The zero-order valence-electron chi connectivity index (χ0n) is 16.8. The third-order valence-corrected chi connectivity index (χ3v) is 5.02. The van der Waals surface area contributed by atoms with E-state index in [1.54, 1.807) is 43.1 Å². The number of hydrogen-bond donors (Lipinski definition) is 0. The van der Waals surface area contributed by atoms with Crippen molar-refractivity contribution >= 4 is 6.08 Å². The van der Waals surface area contributed by atoms with Gasteiger partial charge in [0.2, 0.25) is 5.75 Å². The number of aromatic nitrogens is 2. The van der Waals surface area contributed by atoms with E-state index in [4.69, 9.17) is 14.2 Å². The average Bonchev–Trinajstić information content (AvgIpc) is 2.80. The molecule has 7 nitrogen and oxygen atoms in total. The summed E-state index contributed by atoms with van der Waals surface area (Å²) in [5.74, 6) is 1.64. The quantitative estimate of drug-likeness (QED) is 0.629. The molecule has 1 aliphatic rings. The third kappa shape index (κ3) is 3.74. The maximum atomic E-state index is 13.3. The minimum Gasteiger partial charge on any atom is -0.497 e. The smallest absolute Gasteiger partial charge is 0.332 e. The van der Waals surface area contributed by atoms with Gasteiger partial charge in [0.25, 0.3) is 5.56 Å². The fourth-order valence-corrected chi connectivity index (χ4v) is 3.40. The average molecular weight is 406 g/mol. The molecular weight excluding hydrogens is 384 g/mol. The van der Waals surface area contributed by atoms with Gasteiger partial charge in [-0.15, -0.1) is 0 Å². The molecule has 0 N–H and O–H groups in total. The Hall–Kier alpha value is -3.74. The summed E-state index contributed by atoms with van der Waals surface area (Å²) in [6.07, 6.45) is 3.56. The van der Waals surface area contributed by atoms with Crippen molar-refractivity contribution in [2.75, 3.05) is 20.8 Å². The Kier molecular flexibility index (Phi) is 5.43. The van der Waals surface area contributed by atoms with E-state index in [1.165, 1.54) is 4.57 Å². The van der Waals surface area contributed by atoms with Gasteiger partial charge in [0, 0.05) is 0 Å². The summed E-state index contributed by atoms with van der Waals surface area (Å²) in [6.45, 7) is 0.748. The van der Waals surface area contributed by atoms with Crippen LogP contribution in [0.1, 0.15) is 16.8 Å². The largest absolute Gasteiger partial charge is 0.497 e. The van der Waals surface area contributed by atoms with Crippen molar-refractivity contribution in [3.8, 4) is 17.2 Å². The maximum Gasteiger partial charge on any atom is 0.332 e. The SMILES string of the molecule is COc1ccc(Cn2c3c(c(=O)n(Cc4ccc(OC)cc4)c2=O)OCC=C3)cc1. The molecule has 7 heteroatoms. The minimum atomic E-state index is -0.429. The molecule has 154 valence electrons. The van der Waals surface area contributed by atoms with E-state index in [1.807, 2.05) is 36.4 Å². The number of fused-ring (bicyclic) bond motifs is 1. The molecule has 0 radical (unpaired) electrons. The lowest BCUT2D eigenvalue weighted by molar-refractivity contribution is 0.340. The van der Waals surface area contributed by atoms with Crippen molar-refractivity contribution < 1.29 is 14.2 Å². The fraction of sp³-hybridized carbons (Fsp3) is 0.217. The van der Waals surface area contributed by atoms with Gasteiger partial charge in [0.15, 0.2) is 0 Å². The van der Waals surface area contributed by atoms with E-state index >= 15 is 0 Å². The Balaban J connectivity index is 1.78.